The number of esters is 1. The van der Waals surface area contributed by atoms with Gasteiger partial charge in [0.1, 0.15) is 16.4 Å². The summed E-state index contributed by atoms with van der Waals surface area (Å²) in [7, 11) is 2.85. The number of fused-ring (bicyclic) bond motifs is 1. The van der Waals surface area contributed by atoms with Gasteiger partial charge >= 0.3 is 5.97 Å². The maximum Gasteiger partial charge on any atom is 0.341 e. The van der Waals surface area contributed by atoms with Crippen LogP contribution in [0.1, 0.15) is 50.6 Å². The number of nitrogens with one attached hydrogen (secondary N) is 3. The van der Waals surface area contributed by atoms with Gasteiger partial charge < -0.3 is 30.3 Å². The number of hydrogen-bond donors (Lipinski definition) is 3. The first-order valence-corrected chi connectivity index (χ1v) is 17.3. The Labute approximate surface area is 298 Å². The Morgan fingerprint density at radius 3 is 2.36 bits per heavy atom. The fourth-order valence-electron chi connectivity index (χ4n) is 5.20. The van der Waals surface area contributed by atoms with E-state index in [-0.39, 0.29) is 17.5 Å². The third-order valence-corrected chi connectivity index (χ3v) is 10.1. The van der Waals surface area contributed by atoms with Gasteiger partial charge in [0, 0.05) is 34.5 Å². The van der Waals surface area contributed by atoms with Crippen LogP contribution in [0.5, 0.6) is 5.75 Å². The summed E-state index contributed by atoms with van der Waals surface area (Å²) >= 11 is 2.54. The molecule has 13 heteroatoms. The lowest BCUT2D eigenvalue weighted by molar-refractivity contribution is -0.129. The van der Waals surface area contributed by atoms with Crippen molar-refractivity contribution in [2.75, 3.05) is 31.4 Å². The van der Waals surface area contributed by atoms with Gasteiger partial charge in [0.25, 0.3) is 11.8 Å². The van der Waals surface area contributed by atoms with Gasteiger partial charge in [-0.1, -0.05) is 36.4 Å². The van der Waals surface area contributed by atoms with E-state index < -0.39 is 23.0 Å². The van der Waals surface area contributed by atoms with Crippen LogP contribution < -0.4 is 20.7 Å². The molecule has 50 heavy (non-hydrogen) atoms. The molecule has 11 nitrogen and oxygen atoms in total. The predicted octanol–water partition coefficient (Wildman–Crippen LogP) is 5.98. The smallest absolute Gasteiger partial charge is 0.341 e. The number of rotatable bonds is 11. The van der Waals surface area contributed by atoms with Gasteiger partial charge in [0.05, 0.1) is 31.6 Å². The number of ether oxygens (including phenoxy) is 2. The largest absolute Gasteiger partial charge is 0.497 e. The van der Waals surface area contributed by atoms with Crippen molar-refractivity contribution in [2.24, 2.45) is 0 Å². The van der Waals surface area contributed by atoms with E-state index in [0.717, 1.165) is 10.4 Å². The van der Waals surface area contributed by atoms with Crippen molar-refractivity contribution in [2.45, 2.75) is 37.0 Å². The average Bonchev–Trinajstić information content (AvgIpc) is 3.48. The molecule has 5 rings (SSSR count). The van der Waals surface area contributed by atoms with Crippen LogP contribution in [0.2, 0.25) is 0 Å². The van der Waals surface area contributed by atoms with Crippen molar-refractivity contribution in [3.05, 3.63) is 112 Å². The molecule has 0 spiro atoms. The quantitative estimate of drug-likeness (QED) is 0.0980. The molecule has 4 amide bonds. The second-order valence-electron chi connectivity index (χ2n) is 11.3. The monoisotopic (exact) mass is 712 g/mol. The molecule has 3 N–H and O–H groups in total. The van der Waals surface area contributed by atoms with Crippen molar-refractivity contribution in [1.82, 2.24) is 10.2 Å². The molecule has 0 fully saturated rings. The Morgan fingerprint density at radius 2 is 1.68 bits per heavy atom. The number of thioether (sulfide) groups is 1. The molecule has 258 valence electrons. The normalized spacial score (nSPS) is 13.0. The molecule has 2 heterocycles. The number of methoxy groups -OCH3 is 2. The van der Waals surface area contributed by atoms with Crippen LogP contribution in [0.3, 0.4) is 0 Å². The zero-order chi connectivity index (χ0) is 35.8. The number of anilines is 2. The molecule has 1 unspecified atom stereocenters. The number of carbonyl (C=O) groups excluding carboxylic acids is 5. The summed E-state index contributed by atoms with van der Waals surface area (Å²) < 4.78 is 10.3. The van der Waals surface area contributed by atoms with Gasteiger partial charge in [-0.25, -0.2) is 4.79 Å². The molecular weight excluding hydrogens is 677 g/mol. The Kier molecular flexibility index (Phi) is 11.7. The van der Waals surface area contributed by atoms with E-state index >= 15 is 0 Å². The molecule has 1 aliphatic rings. The summed E-state index contributed by atoms with van der Waals surface area (Å²) in [6.45, 7) is 4.09. The van der Waals surface area contributed by atoms with Crippen molar-refractivity contribution >= 4 is 69.5 Å². The van der Waals surface area contributed by atoms with E-state index in [2.05, 4.69) is 16.0 Å². The van der Waals surface area contributed by atoms with E-state index in [4.69, 9.17) is 9.47 Å². The number of benzene rings is 3. The first-order valence-electron chi connectivity index (χ1n) is 15.7. The van der Waals surface area contributed by atoms with Crippen LogP contribution in [0, 0.1) is 0 Å². The van der Waals surface area contributed by atoms with Crippen molar-refractivity contribution in [1.29, 1.82) is 0 Å². The average molecular weight is 713 g/mol. The first kappa shape index (κ1) is 35.9. The minimum Gasteiger partial charge on any atom is -0.497 e. The molecular formula is C37H36N4O7S2. The Bertz CT molecular complexity index is 1940. The van der Waals surface area contributed by atoms with Crippen molar-refractivity contribution in [3.63, 3.8) is 0 Å². The van der Waals surface area contributed by atoms with E-state index in [1.165, 1.54) is 37.1 Å². The number of carbonyl (C=O) groups is 5. The maximum atomic E-state index is 13.6. The molecule has 0 bridgehead atoms. The van der Waals surface area contributed by atoms with Crippen LogP contribution in [0.15, 0.2) is 89.5 Å². The summed E-state index contributed by atoms with van der Waals surface area (Å²) in [5.74, 6) is -1.26. The molecule has 3 aromatic carbocycles. The maximum absolute atomic E-state index is 13.6. The molecule has 1 atom stereocenters. The minimum atomic E-state index is -0.588. The van der Waals surface area contributed by atoms with Gasteiger partial charge in [-0.3, -0.25) is 19.2 Å². The predicted molar refractivity (Wildman–Crippen MR) is 194 cm³/mol. The van der Waals surface area contributed by atoms with Gasteiger partial charge in [0.2, 0.25) is 11.8 Å². The highest BCUT2D eigenvalue weighted by molar-refractivity contribution is 8.00. The van der Waals surface area contributed by atoms with Crippen molar-refractivity contribution in [3.8, 4) is 5.75 Å². The summed E-state index contributed by atoms with van der Waals surface area (Å²) in [5.41, 5.74) is 2.66. The Morgan fingerprint density at radius 1 is 0.940 bits per heavy atom. The molecule has 0 aliphatic carbocycles. The van der Waals surface area contributed by atoms with Gasteiger partial charge in [-0.05, 0) is 73.0 Å². The van der Waals surface area contributed by atoms with Crippen LogP contribution in [0.25, 0.3) is 6.08 Å². The zero-order valence-electron chi connectivity index (χ0n) is 27.9. The molecule has 0 radical (unpaired) electrons. The van der Waals surface area contributed by atoms with Gasteiger partial charge in [0.15, 0.2) is 0 Å². The van der Waals surface area contributed by atoms with E-state index in [1.807, 2.05) is 6.07 Å². The molecule has 0 saturated heterocycles. The van der Waals surface area contributed by atoms with Gasteiger partial charge in [-0.15, -0.1) is 23.1 Å². The number of hydrogen-bond acceptors (Lipinski definition) is 9. The van der Waals surface area contributed by atoms with Crippen LogP contribution in [-0.2, 0) is 32.1 Å². The lowest BCUT2D eigenvalue weighted by Gasteiger charge is -2.25. The third-order valence-electron chi connectivity index (χ3n) is 7.86. The van der Waals surface area contributed by atoms with E-state index in [1.54, 1.807) is 97.8 Å². The van der Waals surface area contributed by atoms with Crippen LogP contribution in [0.4, 0.5) is 10.7 Å². The standard InChI is InChI=1S/C37H36N4O7S2/c1-22(33(43)40-36-32(37(46)48-4)29-17-18-41(23(2)42)21-31(29)50-36)49-28-12-8-11-26(20-28)38-35(45)30(19-24-13-15-27(47-3)16-14-24)39-34(44)25-9-6-5-7-10-25/h5-16,19-20,22H,17-18,21H2,1-4H3,(H,38,45)(H,39,44)(H,40,43)/b30-19+. The highest BCUT2D eigenvalue weighted by Crippen LogP contribution is 2.38. The third kappa shape index (κ3) is 8.79. The second-order valence-corrected chi connectivity index (χ2v) is 13.8. The number of nitrogens with zero attached hydrogens (tertiary/aromatic N) is 1. The lowest BCUT2D eigenvalue weighted by atomic mass is 10.0. The minimum absolute atomic E-state index is 0.0290. The fourth-order valence-corrected chi connectivity index (χ4v) is 7.38. The summed E-state index contributed by atoms with van der Waals surface area (Å²) in [4.78, 5) is 67.9. The molecule has 1 aliphatic heterocycles. The lowest BCUT2D eigenvalue weighted by Crippen LogP contribution is -2.33. The Hall–Kier alpha value is -5.40. The van der Waals surface area contributed by atoms with Crippen LogP contribution >= 0.6 is 23.1 Å². The second kappa shape index (κ2) is 16.3. The number of thiophene rings is 1. The van der Waals surface area contributed by atoms with Crippen LogP contribution in [-0.4, -0.2) is 60.5 Å². The SMILES string of the molecule is COC(=O)c1c(NC(=O)C(C)Sc2cccc(NC(=O)/C(=C\c3ccc(OC)cc3)NC(=O)c3ccccc3)c2)sc2c1CCN(C(C)=O)C2. The number of amides is 4. The highest BCUT2D eigenvalue weighted by atomic mass is 32.2. The highest BCUT2D eigenvalue weighted by Gasteiger charge is 2.31. The van der Waals surface area contributed by atoms with E-state index in [9.17, 15) is 24.0 Å². The summed E-state index contributed by atoms with van der Waals surface area (Å²) in [5, 5.41) is 8.28. The first-order chi connectivity index (χ1) is 24.1. The topological polar surface area (TPSA) is 143 Å². The molecule has 1 aromatic heterocycles. The van der Waals surface area contributed by atoms with E-state index in [0.29, 0.717) is 57.5 Å². The Balaban J connectivity index is 1.30. The fraction of sp³-hybridized carbons (Fsp3) is 0.216. The van der Waals surface area contributed by atoms with Gasteiger partial charge in [-0.2, -0.15) is 0 Å². The van der Waals surface area contributed by atoms with Crippen molar-refractivity contribution < 1.29 is 33.4 Å². The zero-order valence-corrected chi connectivity index (χ0v) is 29.5. The molecule has 0 saturated carbocycles. The summed E-state index contributed by atoms with van der Waals surface area (Å²) in [6.07, 6.45) is 2.06. The summed E-state index contributed by atoms with van der Waals surface area (Å²) in [6, 6.07) is 22.6. The molecule has 4 aromatic rings.